The van der Waals surface area contributed by atoms with Gasteiger partial charge in [0, 0.05) is 45.0 Å². The minimum Gasteiger partial charge on any atom is -0.353 e. The van der Waals surface area contributed by atoms with Crippen molar-refractivity contribution in [3.05, 3.63) is 80.6 Å². The topological polar surface area (TPSA) is 61.2 Å². The highest BCUT2D eigenvalue weighted by Crippen LogP contribution is 2.35. The molecule has 9 heteroatoms. The van der Waals surface area contributed by atoms with E-state index < -0.39 is 0 Å². The van der Waals surface area contributed by atoms with Crippen LogP contribution in [0, 0.1) is 6.92 Å². The first-order valence-electron chi connectivity index (χ1n) is 12.7. The number of hydrogen-bond acceptors (Lipinski definition) is 7. The third kappa shape index (κ3) is 5.08. The summed E-state index contributed by atoms with van der Waals surface area (Å²) in [6.07, 6.45) is 4.25. The first-order valence-corrected chi connectivity index (χ1v) is 13.9. The van der Waals surface area contributed by atoms with Gasteiger partial charge in [0.2, 0.25) is 0 Å². The number of anilines is 1. The molecule has 2 aromatic heterocycles. The zero-order valence-corrected chi connectivity index (χ0v) is 23.0. The molecule has 192 valence electrons. The van der Waals surface area contributed by atoms with E-state index in [1.165, 1.54) is 17.3 Å². The van der Waals surface area contributed by atoms with E-state index in [4.69, 9.17) is 17.2 Å². The molecule has 3 aromatic rings. The Labute approximate surface area is 226 Å². The highest BCUT2D eigenvalue weighted by molar-refractivity contribution is 8.26. The number of hydrogen-bond donors (Lipinski definition) is 0. The summed E-state index contributed by atoms with van der Waals surface area (Å²) in [5.41, 5.74) is 3.11. The SMILES string of the molecule is CC[C@@H](C)N1C(=O)/C(=C/c2c(N3CCN(Cc4ccccc4)CC3)nc3c(C)cccn3c2=O)SC1=S. The minimum absolute atomic E-state index is 0.00837. The first-order chi connectivity index (χ1) is 17.9. The summed E-state index contributed by atoms with van der Waals surface area (Å²) >= 11 is 6.78. The van der Waals surface area contributed by atoms with E-state index in [9.17, 15) is 9.59 Å². The van der Waals surface area contributed by atoms with Crippen molar-refractivity contribution < 1.29 is 4.79 Å². The lowest BCUT2D eigenvalue weighted by molar-refractivity contribution is -0.123. The summed E-state index contributed by atoms with van der Waals surface area (Å²) in [7, 11) is 0. The number of fused-ring (bicyclic) bond motifs is 1. The van der Waals surface area contributed by atoms with Crippen LogP contribution in [0.25, 0.3) is 11.7 Å². The Balaban J connectivity index is 1.50. The van der Waals surface area contributed by atoms with Crippen LogP contribution in [-0.2, 0) is 11.3 Å². The highest BCUT2D eigenvalue weighted by atomic mass is 32.2. The third-order valence-electron chi connectivity index (χ3n) is 7.12. The van der Waals surface area contributed by atoms with Gasteiger partial charge in [0.25, 0.3) is 11.5 Å². The Hall–Kier alpha value is -3.01. The van der Waals surface area contributed by atoms with E-state index in [1.807, 2.05) is 39.0 Å². The standard InChI is InChI=1S/C28H31N5O2S2/c1-4-20(3)33-27(35)23(37-28(33)36)17-22-25(29-24-19(2)9-8-12-32(24)26(22)34)31-15-13-30(14-16-31)18-21-10-6-5-7-11-21/h5-12,17,20H,4,13-16,18H2,1-3H3/b23-17-/t20-/m1/s1. The van der Waals surface area contributed by atoms with Gasteiger partial charge < -0.3 is 4.90 Å². The van der Waals surface area contributed by atoms with E-state index in [0.717, 1.165) is 44.7 Å². The van der Waals surface area contributed by atoms with Crippen LogP contribution in [0.1, 0.15) is 37.0 Å². The molecule has 4 heterocycles. The first kappa shape index (κ1) is 25.6. The molecule has 1 atom stereocenters. The molecule has 7 nitrogen and oxygen atoms in total. The zero-order valence-electron chi connectivity index (χ0n) is 21.4. The van der Waals surface area contributed by atoms with Gasteiger partial charge in [-0.05, 0) is 43.5 Å². The van der Waals surface area contributed by atoms with Crippen molar-refractivity contribution in [3.8, 4) is 0 Å². The number of aromatic nitrogens is 2. The summed E-state index contributed by atoms with van der Waals surface area (Å²) in [6.45, 7) is 10.1. The Morgan fingerprint density at radius 2 is 1.81 bits per heavy atom. The van der Waals surface area contributed by atoms with Crippen LogP contribution in [0.5, 0.6) is 0 Å². The van der Waals surface area contributed by atoms with E-state index >= 15 is 0 Å². The normalized spacial score (nSPS) is 18.8. The summed E-state index contributed by atoms with van der Waals surface area (Å²) in [6, 6.07) is 14.3. The Bertz CT molecular complexity index is 1430. The fourth-order valence-corrected chi connectivity index (χ4v) is 6.24. The molecule has 37 heavy (non-hydrogen) atoms. The van der Waals surface area contributed by atoms with Crippen molar-refractivity contribution in [1.82, 2.24) is 19.2 Å². The van der Waals surface area contributed by atoms with Gasteiger partial charge in [-0.2, -0.15) is 0 Å². The summed E-state index contributed by atoms with van der Waals surface area (Å²) in [5.74, 6) is 0.490. The van der Waals surface area contributed by atoms with E-state index in [-0.39, 0.29) is 17.5 Å². The lowest BCUT2D eigenvalue weighted by Crippen LogP contribution is -2.47. The molecule has 1 aromatic carbocycles. The minimum atomic E-state index is -0.177. The van der Waals surface area contributed by atoms with Crippen molar-refractivity contribution in [2.75, 3.05) is 31.1 Å². The van der Waals surface area contributed by atoms with Crippen LogP contribution in [-0.4, -0.2) is 61.6 Å². The number of pyridine rings is 1. The summed E-state index contributed by atoms with van der Waals surface area (Å²) in [5, 5.41) is 0. The second kappa shape index (κ2) is 10.8. The van der Waals surface area contributed by atoms with Gasteiger partial charge in [-0.3, -0.25) is 23.8 Å². The molecule has 2 aliphatic rings. The third-order valence-corrected chi connectivity index (χ3v) is 8.45. The molecular weight excluding hydrogens is 502 g/mol. The van der Waals surface area contributed by atoms with Crippen molar-refractivity contribution in [3.63, 3.8) is 0 Å². The highest BCUT2D eigenvalue weighted by Gasteiger charge is 2.35. The maximum absolute atomic E-state index is 13.8. The van der Waals surface area contributed by atoms with Crippen LogP contribution in [0.15, 0.2) is 58.4 Å². The van der Waals surface area contributed by atoms with Gasteiger partial charge in [-0.15, -0.1) is 0 Å². The quantitative estimate of drug-likeness (QED) is 0.345. The maximum Gasteiger partial charge on any atom is 0.267 e. The molecule has 2 saturated heterocycles. The molecule has 0 spiro atoms. The Kier molecular flexibility index (Phi) is 7.46. The molecule has 0 unspecified atom stereocenters. The Morgan fingerprint density at radius 1 is 1.08 bits per heavy atom. The van der Waals surface area contributed by atoms with Gasteiger partial charge in [0.1, 0.15) is 15.8 Å². The summed E-state index contributed by atoms with van der Waals surface area (Å²) in [4.78, 5) is 38.7. The van der Waals surface area contributed by atoms with Gasteiger partial charge >= 0.3 is 0 Å². The molecule has 2 aliphatic heterocycles. The largest absolute Gasteiger partial charge is 0.353 e. The number of aryl methyl sites for hydroxylation is 1. The average molecular weight is 534 g/mol. The smallest absolute Gasteiger partial charge is 0.267 e. The van der Waals surface area contributed by atoms with Crippen molar-refractivity contribution in [2.45, 2.75) is 39.8 Å². The molecular formula is C28H31N5O2S2. The number of rotatable bonds is 6. The van der Waals surface area contributed by atoms with Gasteiger partial charge in [-0.25, -0.2) is 4.98 Å². The fraction of sp³-hybridized carbons (Fsp3) is 0.357. The molecule has 0 bridgehead atoms. The number of thiocarbonyl (C=S) groups is 1. The predicted molar refractivity (Wildman–Crippen MR) is 155 cm³/mol. The van der Waals surface area contributed by atoms with E-state index in [1.54, 1.807) is 21.6 Å². The number of piperazine rings is 1. The second-order valence-corrected chi connectivity index (χ2v) is 11.3. The maximum atomic E-state index is 13.8. The lowest BCUT2D eigenvalue weighted by atomic mass is 10.1. The lowest BCUT2D eigenvalue weighted by Gasteiger charge is -2.36. The van der Waals surface area contributed by atoms with Crippen LogP contribution >= 0.6 is 24.0 Å². The van der Waals surface area contributed by atoms with Crippen LogP contribution in [0.4, 0.5) is 5.82 Å². The number of nitrogens with zero attached hydrogens (tertiary/aromatic N) is 5. The van der Waals surface area contributed by atoms with Crippen molar-refractivity contribution in [1.29, 1.82) is 0 Å². The van der Waals surface area contributed by atoms with Gasteiger partial charge in [-0.1, -0.05) is 67.3 Å². The van der Waals surface area contributed by atoms with Crippen LogP contribution < -0.4 is 10.5 Å². The Morgan fingerprint density at radius 3 is 2.51 bits per heavy atom. The molecule has 1 amide bonds. The monoisotopic (exact) mass is 533 g/mol. The molecule has 2 fully saturated rings. The fourth-order valence-electron chi connectivity index (χ4n) is 4.80. The molecule has 0 radical (unpaired) electrons. The van der Waals surface area contributed by atoms with E-state index in [2.05, 4.69) is 34.1 Å². The number of thioether (sulfide) groups is 1. The predicted octanol–water partition coefficient (Wildman–Crippen LogP) is 4.32. The second-order valence-electron chi connectivity index (χ2n) is 9.60. The van der Waals surface area contributed by atoms with Crippen molar-refractivity contribution in [2.24, 2.45) is 0 Å². The van der Waals surface area contributed by atoms with Crippen molar-refractivity contribution >= 4 is 51.7 Å². The number of carbonyl (C=O) groups excluding carboxylic acids is 1. The number of amides is 1. The molecule has 0 aliphatic carbocycles. The number of benzene rings is 1. The molecule has 0 N–H and O–H groups in total. The van der Waals surface area contributed by atoms with Gasteiger partial charge in [0.05, 0.1) is 10.5 Å². The molecule has 0 saturated carbocycles. The number of carbonyl (C=O) groups is 1. The van der Waals surface area contributed by atoms with Crippen LogP contribution in [0.3, 0.4) is 0 Å². The molecule has 5 rings (SSSR count). The van der Waals surface area contributed by atoms with Gasteiger partial charge in [0.15, 0.2) is 0 Å². The summed E-state index contributed by atoms with van der Waals surface area (Å²) < 4.78 is 2.11. The zero-order chi connectivity index (χ0) is 26.1. The van der Waals surface area contributed by atoms with E-state index in [0.29, 0.717) is 26.3 Å². The van der Waals surface area contributed by atoms with Crippen LogP contribution in [0.2, 0.25) is 0 Å². The average Bonchev–Trinajstić information content (AvgIpc) is 3.19.